The van der Waals surface area contributed by atoms with Crippen molar-refractivity contribution >= 4 is 22.0 Å². The molecule has 0 aromatic heterocycles. The zero-order chi connectivity index (χ0) is 20.5. The van der Waals surface area contributed by atoms with Crippen LogP contribution in [0.25, 0.3) is 12.2 Å². The van der Waals surface area contributed by atoms with E-state index in [1.807, 2.05) is 48.6 Å². The van der Waals surface area contributed by atoms with E-state index in [-0.39, 0.29) is 11.9 Å². The Balaban J connectivity index is 1.50. The van der Waals surface area contributed by atoms with Gasteiger partial charge in [0.25, 0.3) is 0 Å². The summed E-state index contributed by atoms with van der Waals surface area (Å²) in [5.74, 6) is 0.899. The molecule has 1 atom stereocenters. The Kier molecular flexibility index (Phi) is 7.86. The summed E-state index contributed by atoms with van der Waals surface area (Å²) in [4.78, 5) is 0.347. The predicted molar refractivity (Wildman–Crippen MR) is 115 cm³/mol. The Labute approximate surface area is 173 Å². The normalized spacial score (nSPS) is 17.5. The third-order valence-corrected chi connectivity index (χ3v) is 6.67. The lowest BCUT2D eigenvalue weighted by molar-refractivity contribution is -0.0494. The van der Waals surface area contributed by atoms with Gasteiger partial charge in [0.2, 0.25) is 0 Å². The molecule has 0 saturated carbocycles. The van der Waals surface area contributed by atoms with Gasteiger partial charge in [-0.3, -0.25) is 0 Å². The molecule has 1 heterocycles. The van der Waals surface area contributed by atoms with Crippen molar-refractivity contribution in [3.8, 4) is 5.75 Å². The van der Waals surface area contributed by atoms with Crippen LogP contribution in [0.5, 0.6) is 5.75 Å². The van der Waals surface area contributed by atoms with Crippen LogP contribution in [0.15, 0.2) is 53.4 Å². The van der Waals surface area contributed by atoms with Crippen molar-refractivity contribution in [2.75, 3.05) is 32.7 Å². The van der Waals surface area contributed by atoms with Crippen LogP contribution in [0, 0.1) is 0 Å². The highest BCUT2D eigenvalue weighted by atomic mass is 32.2. The number of methoxy groups -OCH3 is 1. The second-order valence-corrected chi connectivity index (χ2v) is 9.17. The molecule has 2 aromatic rings. The van der Waals surface area contributed by atoms with Crippen molar-refractivity contribution in [2.24, 2.45) is 0 Å². The molecule has 6 heteroatoms. The van der Waals surface area contributed by atoms with Gasteiger partial charge in [-0.2, -0.15) is 0 Å². The summed E-state index contributed by atoms with van der Waals surface area (Å²) < 4.78 is 41.3. The Morgan fingerprint density at radius 2 is 1.69 bits per heavy atom. The molecule has 0 N–H and O–H groups in total. The van der Waals surface area contributed by atoms with Gasteiger partial charge in [-0.05, 0) is 54.7 Å². The molecular formula is C23H28O5S. The molecule has 0 amide bonds. The number of hydrogen-bond acceptors (Lipinski definition) is 5. The molecule has 2 aromatic carbocycles. The van der Waals surface area contributed by atoms with E-state index in [0.717, 1.165) is 36.3 Å². The zero-order valence-electron chi connectivity index (χ0n) is 16.8. The van der Waals surface area contributed by atoms with Crippen molar-refractivity contribution in [1.29, 1.82) is 0 Å². The quantitative estimate of drug-likeness (QED) is 0.452. The zero-order valence-corrected chi connectivity index (χ0v) is 17.6. The second-order valence-electron chi connectivity index (χ2n) is 7.06. The van der Waals surface area contributed by atoms with Crippen molar-refractivity contribution in [3.63, 3.8) is 0 Å². The summed E-state index contributed by atoms with van der Waals surface area (Å²) in [5, 5.41) is 0. The van der Waals surface area contributed by atoms with Gasteiger partial charge in [0.15, 0.2) is 9.84 Å². The molecular weight excluding hydrogens is 388 g/mol. The monoisotopic (exact) mass is 416 g/mol. The Hall–Kier alpha value is -2.15. The van der Waals surface area contributed by atoms with E-state index >= 15 is 0 Å². The molecule has 0 aliphatic carbocycles. The van der Waals surface area contributed by atoms with E-state index in [9.17, 15) is 8.42 Å². The molecule has 29 heavy (non-hydrogen) atoms. The maximum Gasteiger partial charge on any atom is 0.178 e. The van der Waals surface area contributed by atoms with E-state index in [4.69, 9.17) is 14.2 Å². The van der Waals surface area contributed by atoms with E-state index in [1.165, 1.54) is 0 Å². The van der Waals surface area contributed by atoms with Crippen LogP contribution in [0.3, 0.4) is 0 Å². The first-order chi connectivity index (χ1) is 14.1. The highest BCUT2D eigenvalue weighted by Gasteiger charge is 2.16. The lowest BCUT2D eigenvalue weighted by atomic mass is 10.1. The van der Waals surface area contributed by atoms with Crippen LogP contribution < -0.4 is 4.74 Å². The molecule has 1 unspecified atom stereocenters. The summed E-state index contributed by atoms with van der Waals surface area (Å²) in [7, 11) is -1.67. The largest absolute Gasteiger partial charge is 0.497 e. The number of sulfone groups is 1. The third-order valence-electron chi connectivity index (χ3n) is 4.85. The van der Waals surface area contributed by atoms with E-state index < -0.39 is 9.84 Å². The Morgan fingerprint density at radius 3 is 2.28 bits per heavy atom. The number of ether oxygens (including phenoxy) is 3. The molecule has 0 bridgehead atoms. The minimum atomic E-state index is -3.30. The van der Waals surface area contributed by atoms with Gasteiger partial charge in [-0.25, -0.2) is 8.42 Å². The second kappa shape index (κ2) is 10.6. The van der Waals surface area contributed by atoms with Gasteiger partial charge in [0.05, 0.1) is 30.5 Å². The van der Waals surface area contributed by atoms with Crippen LogP contribution in [-0.2, 0) is 19.3 Å². The standard InChI is InChI=1S/C23H28O5S/c1-26-21-11-7-19(8-12-21)5-6-20-9-13-23(14-10-20)29(24,25)17-3-16-28-22-4-2-15-27-18-22/h5-14,22H,2-4,15-18H2,1H3. The average Bonchev–Trinajstić information content (AvgIpc) is 2.77. The average molecular weight is 417 g/mol. The molecule has 1 saturated heterocycles. The fourth-order valence-corrected chi connectivity index (χ4v) is 4.44. The van der Waals surface area contributed by atoms with Gasteiger partial charge in [0.1, 0.15) is 5.75 Å². The fourth-order valence-electron chi connectivity index (χ4n) is 3.15. The van der Waals surface area contributed by atoms with Gasteiger partial charge >= 0.3 is 0 Å². The minimum absolute atomic E-state index is 0.0849. The van der Waals surface area contributed by atoms with Crippen LogP contribution >= 0.6 is 0 Å². The molecule has 1 aliphatic heterocycles. The number of rotatable bonds is 9. The lowest BCUT2D eigenvalue weighted by Crippen LogP contribution is -2.26. The van der Waals surface area contributed by atoms with Gasteiger partial charge in [-0.1, -0.05) is 36.4 Å². The van der Waals surface area contributed by atoms with E-state index in [2.05, 4.69) is 0 Å². The topological polar surface area (TPSA) is 61.8 Å². The maximum absolute atomic E-state index is 12.5. The number of benzene rings is 2. The maximum atomic E-state index is 12.5. The van der Waals surface area contributed by atoms with E-state index in [1.54, 1.807) is 19.2 Å². The van der Waals surface area contributed by atoms with Gasteiger partial charge in [0, 0.05) is 13.2 Å². The van der Waals surface area contributed by atoms with Crippen molar-refractivity contribution in [1.82, 2.24) is 0 Å². The highest BCUT2D eigenvalue weighted by Crippen LogP contribution is 2.17. The number of hydrogen-bond donors (Lipinski definition) is 0. The molecule has 3 rings (SSSR count). The van der Waals surface area contributed by atoms with E-state index in [0.29, 0.717) is 24.5 Å². The first kappa shape index (κ1) is 21.6. The van der Waals surface area contributed by atoms with Crippen molar-refractivity contribution in [2.45, 2.75) is 30.3 Å². The third kappa shape index (κ3) is 6.70. The van der Waals surface area contributed by atoms with Gasteiger partial charge < -0.3 is 14.2 Å². The molecule has 5 nitrogen and oxygen atoms in total. The SMILES string of the molecule is COc1ccc(C=Cc2ccc(S(=O)(=O)CCCOC3CCCOC3)cc2)cc1. The molecule has 1 aliphatic rings. The van der Waals surface area contributed by atoms with Crippen molar-refractivity contribution < 1.29 is 22.6 Å². The molecule has 0 spiro atoms. The predicted octanol–water partition coefficient (Wildman–Crippen LogP) is 4.23. The molecule has 1 fully saturated rings. The van der Waals surface area contributed by atoms with Crippen LogP contribution in [0.2, 0.25) is 0 Å². The van der Waals surface area contributed by atoms with Gasteiger partial charge in [-0.15, -0.1) is 0 Å². The Bertz CT molecular complexity index is 880. The molecule has 156 valence electrons. The lowest BCUT2D eigenvalue weighted by Gasteiger charge is -2.22. The summed E-state index contributed by atoms with van der Waals surface area (Å²) in [6.07, 6.45) is 6.51. The minimum Gasteiger partial charge on any atom is -0.497 e. The molecule has 0 radical (unpaired) electrons. The van der Waals surface area contributed by atoms with Crippen LogP contribution in [0.1, 0.15) is 30.4 Å². The summed E-state index contributed by atoms with van der Waals surface area (Å²) in [6, 6.07) is 14.7. The fraction of sp³-hybridized carbons (Fsp3) is 0.391. The smallest absolute Gasteiger partial charge is 0.178 e. The summed E-state index contributed by atoms with van der Waals surface area (Å²) in [5.41, 5.74) is 1.99. The highest BCUT2D eigenvalue weighted by molar-refractivity contribution is 7.91. The van der Waals surface area contributed by atoms with Crippen molar-refractivity contribution in [3.05, 3.63) is 59.7 Å². The Morgan fingerprint density at radius 1 is 1.03 bits per heavy atom. The first-order valence-corrected chi connectivity index (χ1v) is 11.6. The van der Waals surface area contributed by atoms with Crippen LogP contribution in [-0.4, -0.2) is 47.2 Å². The first-order valence-electron chi connectivity index (χ1n) is 9.91. The summed E-state index contributed by atoms with van der Waals surface area (Å²) in [6.45, 7) is 1.84. The van der Waals surface area contributed by atoms with Crippen LogP contribution in [0.4, 0.5) is 0 Å². The summed E-state index contributed by atoms with van der Waals surface area (Å²) >= 11 is 0.